The summed E-state index contributed by atoms with van der Waals surface area (Å²) in [6.45, 7) is 1.45. The monoisotopic (exact) mass is 418 g/mol. The van der Waals surface area contributed by atoms with E-state index in [1.807, 2.05) is 25.2 Å². The molecule has 1 fully saturated rings. The Morgan fingerprint density at radius 1 is 1.31 bits per heavy atom. The smallest absolute Gasteiger partial charge is 0.143 e. The van der Waals surface area contributed by atoms with Gasteiger partial charge in [-0.25, -0.2) is 4.39 Å². The molecule has 0 saturated heterocycles. The molecule has 0 aromatic heterocycles. The summed E-state index contributed by atoms with van der Waals surface area (Å²) in [5.41, 5.74) is 2.36. The Labute approximate surface area is 160 Å². The normalized spacial score (nSPS) is 24.6. The van der Waals surface area contributed by atoms with E-state index in [2.05, 4.69) is 26.4 Å². The van der Waals surface area contributed by atoms with Gasteiger partial charge in [0, 0.05) is 16.5 Å². The van der Waals surface area contributed by atoms with Crippen LogP contribution in [0.4, 0.5) is 4.39 Å². The maximum Gasteiger partial charge on any atom is 0.143 e. The Bertz CT molecular complexity index is 840. The molecule has 2 unspecified atom stereocenters. The summed E-state index contributed by atoms with van der Waals surface area (Å²) in [5.74, 6) is 0.643. The molecule has 0 amide bonds. The van der Waals surface area contributed by atoms with Crippen molar-refractivity contribution in [2.24, 2.45) is 11.1 Å². The standard InChI is InChI=1S/C20H20BrFN2O2/c1-23-9-2-10-25-24-19-16-8-5-14(21)11-18(16)26-20(12-17(19)20)13-3-6-15(22)7-4-13/h3-8,11,17,23H,2,9-10,12H2,1H3. The highest BCUT2D eigenvalue weighted by Gasteiger charge is 2.64. The van der Waals surface area contributed by atoms with E-state index in [-0.39, 0.29) is 11.7 Å². The van der Waals surface area contributed by atoms with E-state index >= 15 is 0 Å². The average Bonchev–Trinajstić information content (AvgIpc) is 3.36. The highest BCUT2D eigenvalue weighted by molar-refractivity contribution is 9.10. The third-order valence-corrected chi connectivity index (χ3v) is 5.40. The second-order valence-electron chi connectivity index (χ2n) is 6.66. The van der Waals surface area contributed by atoms with Gasteiger partial charge in [0.25, 0.3) is 0 Å². The predicted molar refractivity (Wildman–Crippen MR) is 102 cm³/mol. The molecule has 4 rings (SSSR count). The lowest BCUT2D eigenvalue weighted by Crippen LogP contribution is -2.28. The molecule has 0 spiro atoms. The molecule has 136 valence electrons. The van der Waals surface area contributed by atoms with Gasteiger partial charge in [-0.3, -0.25) is 0 Å². The summed E-state index contributed by atoms with van der Waals surface area (Å²) in [4.78, 5) is 5.58. The molecule has 1 heterocycles. The summed E-state index contributed by atoms with van der Waals surface area (Å²) >= 11 is 3.50. The molecule has 2 aromatic carbocycles. The van der Waals surface area contributed by atoms with E-state index < -0.39 is 5.60 Å². The fourth-order valence-electron chi connectivity index (χ4n) is 3.50. The van der Waals surface area contributed by atoms with Gasteiger partial charge in [0.2, 0.25) is 0 Å². The van der Waals surface area contributed by atoms with Crippen LogP contribution in [0.15, 0.2) is 52.1 Å². The topological polar surface area (TPSA) is 42.8 Å². The van der Waals surface area contributed by atoms with Gasteiger partial charge < -0.3 is 14.9 Å². The lowest BCUT2D eigenvalue weighted by molar-refractivity contribution is 0.134. The first-order valence-corrected chi connectivity index (χ1v) is 9.53. The highest BCUT2D eigenvalue weighted by Crippen LogP contribution is 2.60. The van der Waals surface area contributed by atoms with Crippen LogP contribution in [-0.2, 0) is 10.4 Å². The number of rotatable bonds is 6. The third-order valence-electron chi connectivity index (χ3n) is 4.91. The number of hydrogen-bond acceptors (Lipinski definition) is 4. The zero-order valence-electron chi connectivity index (χ0n) is 14.5. The number of nitrogens with zero attached hydrogens (tertiary/aromatic N) is 1. The number of nitrogens with one attached hydrogen (secondary N) is 1. The molecule has 0 bridgehead atoms. The molecule has 2 aromatic rings. The van der Waals surface area contributed by atoms with Gasteiger partial charge >= 0.3 is 0 Å². The van der Waals surface area contributed by atoms with Crippen molar-refractivity contribution in [3.05, 3.63) is 63.9 Å². The second-order valence-corrected chi connectivity index (χ2v) is 7.58. The maximum atomic E-state index is 13.3. The van der Waals surface area contributed by atoms with E-state index in [0.29, 0.717) is 6.61 Å². The molecule has 1 N–H and O–H groups in total. The first kappa shape index (κ1) is 17.5. The van der Waals surface area contributed by atoms with Crippen LogP contribution in [0.25, 0.3) is 0 Å². The minimum atomic E-state index is -0.478. The van der Waals surface area contributed by atoms with E-state index in [9.17, 15) is 4.39 Å². The Kier molecular flexibility index (Phi) is 4.71. The lowest BCUT2D eigenvalue weighted by atomic mass is 9.95. The van der Waals surface area contributed by atoms with Gasteiger partial charge in [0.05, 0.1) is 11.6 Å². The van der Waals surface area contributed by atoms with Crippen molar-refractivity contribution < 1.29 is 14.0 Å². The summed E-state index contributed by atoms with van der Waals surface area (Å²) in [7, 11) is 1.92. The molecular formula is C20H20BrFN2O2. The van der Waals surface area contributed by atoms with Crippen LogP contribution in [0.1, 0.15) is 24.0 Å². The van der Waals surface area contributed by atoms with Crippen LogP contribution in [0.5, 0.6) is 5.75 Å². The van der Waals surface area contributed by atoms with Crippen molar-refractivity contribution in [2.45, 2.75) is 18.4 Å². The number of fused-ring (bicyclic) bond motifs is 2. The molecule has 1 aliphatic heterocycles. The van der Waals surface area contributed by atoms with Crippen LogP contribution in [0, 0.1) is 11.7 Å². The molecular weight excluding hydrogens is 399 g/mol. The fourth-order valence-corrected chi connectivity index (χ4v) is 3.84. The number of benzene rings is 2. The minimum Gasteiger partial charge on any atom is -0.481 e. The van der Waals surface area contributed by atoms with Gasteiger partial charge in [0.1, 0.15) is 23.8 Å². The SMILES string of the molecule is CNCCCON=C1c2ccc(Br)cc2OC2(c3ccc(F)cc3)CC12. The molecule has 0 radical (unpaired) electrons. The number of halogens is 2. The van der Waals surface area contributed by atoms with Crippen molar-refractivity contribution in [3.63, 3.8) is 0 Å². The van der Waals surface area contributed by atoms with Crippen LogP contribution in [-0.4, -0.2) is 25.9 Å². The number of ether oxygens (including phenoxy) is 1. The summed E-state index contributed by atoms with van der Waals surface area (Å²) in [6.07, 6.45) is 1.70. The Balaban J connectivity index is 1.66. The summed E-state index contributed by atoms with van der Waals surface area (Å²) in [6, 6.07) is 12.5. The van der Waals surface area contributed by atoms with Crippen LogP contribution in [0.2, 0.25) is 0 Å². The Morgan fingerprint density at radius 3 is 2.88 bits per heavy atom. The fraction of sp³-hybridized carbons (Fsp3) is 0.350. The maximum absolute atomic E-state index is 13.3. The molecule has 1 aliphatic carbocycles. The zero-order valence-corrected chi connectivity index (χ0v) is 16.1. The molecule has 6 heteroatoms. The van der Waals surface area contributed by atoms with Gasteiger partial charge in [-0.15, -0.1) is 0 Å². The van der Waals surface area contributed by atoms with Crippen LogP contribution < -0.4 is 10.1 Å². The molecule has 26 heavy (non-hydrogen) atoms. The van der Waals surface area contributed by atoms with Crippen LogP contribution >= 0.6 is 15.9 Å². The first-order valence-electron chi connectivity index (χ1n) is 8.73. The van der Waals surface area contributed by atoms with Gasteiger partial charge in [-0.2, -0.15) is 0 Å². The van der Waals surface area contributed by atoms with Crippen LogP contribution in [0.3, 0.4) is 0 Å². The largest absolute Gasteiger partial charge is 0.481 e. The first-order chi connectivity index (χ1) is 12.6. The van der Waals surface area contributed by atoms with Gasteiger partial charge in [-0.05, 0) is 55.9 Å². The highest BCUT2D eigenvalue weighted by atomic mass is 79.9. The predicted octanol–water partition coefficient (Wildman–Crippen LogP) is 4.23. The number of oxime groups is 1. The van der Waals surface area contributed by atoms with E-state index in [1.54, 1.807) is 12.1 Å². The quantitative estimate of drug-likeness (QED) is 0.563. The van der Waals surface area contributed by atoms with E-state index in [0.717, 1.165) is 46.4 Å². The zero-order chi connectivity index (χ0) is 18.1. The Hall–Kier alpha value is -1.92. The van der Waals surface area contributed by atoms with Crippen molar-refractivity contribution in [1.29, 1.82) is 0 Å². The minimum absolute atomic E-state index is 0.117. The van der Waals surface area contributed by atoms with Crippen molar-refractivity contribution in [3.8, 4) is 5.75 Å². The van der Waals surface area contributed by atoms with Gasteiger partial charge in [0.15, 0.2) is 0 Å². The second kappa shape index (κ2) is 7.00. The molecule has 2 atom stereocenters. The lowest BCUT2D eigenvalue weighted by Gasteiger charge is -2.27. The van der Waals surface area contributed by atoms with Crippen molar-refractivity contribution in [1.82, 2.24) is 5.32 Å². The summed E-state index contributed by atoms with van der Waals surface area (Å²) < 4.78 is 20.7. The average molecular weight is 419 g/mol. The van der Waals surface area contributed by atoms with Gasteiger partial charge in [-0.1, -0.05) is 33.2 Å². The molecule has 1 saturated carbocycles. The molecule has 4 nitrogen and oxygen atoms in total. The molecule has 2 aliphatic rings. The van der Waals surface area contributed by atoms with E-state index in [4.69, 9.17) is 9.57 Å². The third kappa shape index (κ3) is 3.12. The van der Waals surface area contributed by atoms with Crippen molar-refractivity contribution in [2.75, 3.05) is 20.2 Å². The summed E-state index contributed by atoms with van der Waals surface area (Å²) in [5, 5.41) is 7.55. The Morgan fingerprint density at radius 2 is 2.12 bits per heavy atom. The van der Waals surface area contributed by atoms with Crippen molar-refractivity contribution >= 4 is 21.6 Å². The number of hydrogen-bond donors (Lipinski definition) is 1. The van der Waals surface area contributed by atoms with E-state index in [1.165, 1.54) is 12.1 Å².